The van der Waals surface area contributed by atoms with Crippen LogP contribution in [-0.2, 0) is 0 Å². The van der Waals surface area contributed by atoms with Crippen LogP contribution in [0.25, 0.3) is 16.7 Å². The van der Waals surface area contributed by atoms with Crippen LogP contribution in [0.15, 0.2) is 43.2 Å². The van der Waals surface area contributed by atoms with Crippen molar-refractivity contribution in [3.05, 3.63) is 49.1 Å². The molecular formula is C11H7FN4. The molecule has 0 amide bonds. The van der Waals surface area contributed by atoms with Crippen LogP contribution in [0.1, 0.15) is 0 Å². The fraction of sp³-hybridized carbons (Fsp3) is 0. The van der Waals surface area contributed by atoms with E-state index in [9.17, 15) is 4.39 Å². The summed E-state index contributed by atoms with van der Waals surface area (Å²) in [6.45, 7) is 0. The van der Waals surface area contributed by atoms with Crippen molar-refractivity contribution < 1.29 is 4.39 Å². The Balaban J connectivity index is 2.36. The lowest BCUT2D eigenvalue weighted by Gasteiger charge is -2.04. The van der Waals surface area contributed by atoms with Gasteiger partial charge in [-0.1, -0.05) is 0 Å². The van der Waals surface area contributed by atoms with E-state index < -0.39 is 0 Å². The van der Waals surface area contributed by atoms with Gasteiger partial charge < -0.3 is 0 Å². The SMILES string of the molecule is Fc1ccc2ncnc(-n3ccnc3)c2c1. The lowest BCUT2D eigenvalue weighted by molar-refractivity contribution is 0.629. The Morgan fingerprint density at radius 2 is 2.12 bits per heavy atom. The predicted molar refractivity (Wildman–Crippen MR) is 56.6 cm³/mol. The maximum atomic E-state index is 13.2. The molecule has 2 aromatic heterocycles. The van der Waals surface area contributed by atoms with E-state index in [0.717, 1.165) is 0 Å². The number of nitrogens with zero attached hydrogens (tertiary/aromatic N) is 4. The van der Waals surface area contributed by atoms with Crippen LogP contribution in [-0.4, -0.2) is 19.5 Å². The first kappa shape index (κ1) is 8.96. The zero-order chi connectivity index (χ0) is 11.0. The Morgan fingerprint density at radius 1 is 1.19 bits per heavy atom. The third-order valence-electron chi connectivity index (χ3n) is 2.33. The summed E-state index contributed by atoms with van der Waals surface area (Å²) in [6.07, 6.45) is 6.47. The molecule has 0 aliphatic carbocycles. The molecule has 0 spiro atoms. The van der Waals surface area contributed by atoms with Gasteiger partial charge in [0.15, 0.2) is 0 Å². The summed E-state index contributed by atoms with van der Waals surface area (Å²) < 4.78 is 14.9. The van der Waals surface area contributed by atoms with Crippen molar-refractivity contribution in [1.29, 1.82) is 0 Å². The molecule has 1 aromatic carbocycles. The summed E-state index contributed by atoms with van der Waals surface area (Å²) in [7, 11) is 0. The highest BCUT2D eigenvalue weighted by Gasteiger charge is 2.05. The van der Waals surface area contributed by atoms with E-state index in [0.29, 0.717) is 16.7 Å². The van der Waals surface area contributed by atoms with E-state index in [2.05, 4.69) is 15.0 Å². The minimum absolute atomic E-state index is 0.302. The quantitative estimate of drug-likeness (QED) is 0.621. The molecule has 0 saturated carbocycles. The average molecular weight is 214 g/mol. The maximum absolute atomic E-state index is 13.2. The molecule has 0 atom stereocenters. The molecule has 78 valence electrons. The molecule has 3 rings (SSSR count). The first-order chi connectivity index (χ1) is 7.84. The predicted octanol–water partition coefficient (Wildman–Crippen LogP) is 1.95. The highest BCUT2D eigenvalue weighted by molar-refractivity contribution is 5.85. The molecule has 2 heterocycles. The molecule has 0 bridgehead atoms. The molecule has 3 aromatic rings. The molecule has 4 nitrogen and oxygen atoms in total. The van der Waals surface area contributed by atoms with Gasteiger partial charge in [-0.25, -0.2) is 19.3 Å². The fourth-order valence-corrected chi connectivity index (χ4v) is 1.61. The van der Waals surface area contributed by atoms with E-state index in [4.69, 9.17) is 0 Å². The summed E-state index contributed by atoms with van der Waals surface area (Å²) in [5.74, 6) is 0.325. The molecule has 0 fully saturated rings. The smallest absolute Gasteiger partial charge is 0.149 e. The lowest BCUT2D eigenvalue weighted by atomic mass is 10.2. The zero-order valence-corrected chi connectivity index (χ0v) is 8.21. The van der Waals surface area contributed by atoms with Crippen molar-refractivity contribution in [2.24, 2.45) is 0 Å². The van der Waals surface area contributed by atoms with E-state index in [1.54, 1.807) is 29.4 Å². The molecule has 0 N–H and O–H groups in total. The highest BCUT2D eigenvalue weighted by atomic mass is 19.1. The van der Waals surface area contributed by atoms with Gasteiger partial charge in [-0.3, -0.25) is 4.57 Å². The van der Waals surface area contributed by atoms with Gasteiger partial charge in [0.2, 0.25) is 0 Å². The number of rotatable bonds is 1. The maximum Gasteiger partial charge on any atom is 0.149 e. The summed E-state index contributed by atoms with van der Waals surface area (Å²) in [4.78, 5) is 12.2. The van der Waals surface area contributed by atoms with Gasteiger partial charge in [0, 0.05) is 17.8 Å². The normalized spacial score (nSPS) is 10.8. The van der Waals surface area contributed by atoms with Crippen LogP contribution in [0.3, 0.4) is 0 Å². The second kappa shape index (κ2) is 3.37. The lowest BCUT2D eigenvalue weighted by Crippen LogP contribution is -1.97. The first-order valence-electron chi connectivity index (χ1n) is 4.73. The van der Waals surface area contributed by atoms with Gasteiger partial charge in [-0.05, 0) is 18.2 Å². The van der Waals surface area contributed by atoms with Crippen molar-refractivity contribution >= 4 is 10.9 Å². The number of imidazole rings is 1. The van der Waals surface area contributed by atoms with Crippen molar-refractivity contribution in [2.45, 2.75) is 0 Å². The molecule has 0 aliphatic rings. The third-order valence-corrected chi connectivity index (χ3v) is 2.33. The number of fused-ring (bicyclic) bond motifs is 1. The first-order valence-corrected chi connectivity index (χ1v) is 4.73. The average Bonchev–Trinajstić information content (AvgIpc) is 2.81. The number of aromatic nitrogens is 4. The van der Waals surface area contributed by atoms with Crippen molar-refractivity contribution in [2.75, 3.05) is 0 Å². The molecule has 5 heteroatoms. The van der Waals surface area contributed by atoms with Gasteiger partial charge in [-0.15, -0.1) is 0 Å². The van der Waals surface area contributed by atoms with Crippen LogP contribution in [0.2, 0.25) is 0 Å². The van der Waals surface area contributed by atoms with E-state index in [-0.39, 0.29) is 5.82 Å². The topological polar surface area (TPSA) is 43.6 Å². The third kappa shape index (κ3) is 1.33. The largest absolute Gasteiger partial charge is 0.290 e. The van der Waals surface area contributed by atoms with Crippen molar-refractivity contribution in [3.8, 4) is 5.82 Å². The Morgan fingerprint density at radius 3 is 2.94 bits per heavy atom. The summed E-state index contributed by atoms with van der Waals surface area (Å²) in [5.41, 5.74) is 0.708. The van der Waals surface area contributed by atoms with Crippen LogP contribution in [0, 0.1) is 5.82 Å². The van der Waals surface area contributed by atoms with Gasteiger partial charge in [0.05, 0.1) is 5.52 Å². The van der Waals surface area contributed by atoms with Crippen LogP contribution >= 0.6 is 0 Å². The molecular weight excluding hydrogens is 207 g/mol. The number of benzene rings is 1. The van der Waals surface area contributed by atoms with Gasteiger partial charge in [0.25, 0.3) is 0 Å². The van der Waals surface area contributed by atoms with E-state index in [1.165, 1.54) is 18.5 Å². The zero-order valence-electron chi connectivity index (χ0n) is 8.21. The van der Waals surface area contributed by atoms with Crippen molar-refractivity contribution in [3.63, 3.8) is 0 Å². The summed E-state index contributed by atoms with van der Waals surface area (Å²) >= 11 is 0. The Labute approximate surface area is 90.4 Å². The second-order valence-corrected chi connectivity index (χ2v) is 3.33. The standard InChI is InChI=1S/C11H7FN4/c12-8-1-2-10-9(5-8)11(15-6-14-10)16-4-3-13-7-16/h1-7H. The summed E-state index contributed by atoms with van der Waals surface area (Å²) in [6, 6.07) is 4.43. The number of hydrogen-bond donors (Lipinski definition) is 0. The van der Waals surface area contributed by atoms with Gasteiger partial charge >= 0.3 is 0 Å². The Bertz CT molecular complexity index is 634. The molecule has 0 unspecified atom stereocenters. The van der Waals surface area contributed by atoms with Gasteiger partial charge in [-0.2, -0.15) is 0 Å². The number of hydrogen-bond acceptors (Lipinski definition) is 3. The minimum atomic E-state index is -0.302. The van der Waals surface area contributed by atoms with E-state index in [1.807, 2.05) is 0 Å². The van der Waals surface area contributed by atoms with Crippen LogP contribution in [0.4, 0.5) is 4.39 Å². The molecule has 0 saturated heterocycles. The summed E-state index contributed by atoms with van der Waals surface area (Å²) in [5, 5.41) is 0.667. The van der Waals surface area contributed by atoms with Crippen LogP contribution in [0.5, 0.6) is 0 Å². The highest BCUT2D eigenvalue weighted by Crippen LogP contribution is 2.18. The van der Waals surface area contributed by atoms with Gasteiger partial charge in [0.1, 0.15) is 24.3 Å². The number of halogens is 1. The monoisotopic (exact) mass is 214 g/mol. The van der Waals surface area contributed by atoms with Crippen molar-refractivity contribution in [1.82, 2.24) is 19.5 Å². The minimum Gasteiger partial charge on any atom is -0.290 e. The molecule has 16 heavy (non-hydrogen) atoms. The van der Waals surface area contributed by atoms with Crippen LogP contribution < -0.4 is 0 Å². The molecule has 0 aliphatic heterocycles. The van der Waals surface area contributed by atoms with E-state index >= 15 is 0 Å². The second-order valence-electron chi connectivity index (χ2n) is 3.33. The Hall–Kier alpha value is -2.30. The molecule has 0 radical (unpaired) electrons. The Kier molecular flexibility index (Phi) is 1.89. The fourth-order valence-electron chi connectivity index (χ4n) is 1.61.